The molecule has 1 aliphatic heterocycles. The summed E-state index contributed by atoms with van der Waals surface area (Å²) in [7, 11) is -3.37. The maximum atomic E-state index is 12.2. The Balaban J connectivity index is 2.08. The second kappa shape index (κ2) is 5.82. The van der Waals surface area contributed by atoms with Crippen LogP contribution in [0.4, 0.5) is 0 Å². The SMILES string of the molecule is CCc1ccc(S(=O)(=O)N[C@@H]2CCCNC2)cc1. The Labute approximate surface area is 109 Å². The number of piperidine rings is 1. The van der Waals surface area contributed by atoms with Gasteiger partial charge in [-0.15, -0.1) is 0 Å². The summed E-state index contributed by atoms with van der Waals surface area (Å²) in [6.07, 6.45) is 2.83. The summed E-state index contributed by atoms with van der Waals surface area (Å²) in [5.74, 6) is 0. The van der Waals surface area contributed by atoms with Crippen molar-refractivity contribution in [2.75, 3.05) is 13.1 Å². The fraction of sp³-hybridized carbons (Fsp3) is 0.538. The van der Waals surface area contributed by atoms with E-state index in [4.69, 9.17) is 0 Å². The number of rotatable bonds is 4. The molecule has 1 heterocycles. The molecular formula is C13H20N2O2S. The molecule has 0 bridgehead atoms. The van der Waals surface area contributed by atoms with E-state index in [9.17, 15) is 8.42 Å². The molecule has 1 fully saturated rings. The lowest BCUT2D eigenvalue weighted by Crippen LogP contribution is -2.45. The number of benzene rings is 1. The van der Waals surface area contributed by atoms with Crippen LogP contribution in [-0.4, -0.2) is 27.5 Å². The smallest absolute Gasteiger partial charge is 0.240 e. The zero-order chi connectivity index (χ0) is 13.0. The van der Waals surface area contributed by atoms with E-state index < -0.39 is 10.0 Å². The minimum absolute atomic E-state index is 0.00889. The largest absolute Gasteiger partial charge is 0.315 e. The van der Waals surface area contributed by atoms with E-state index in [0.29, 0.717) is 11.4 Å². The van der Waals surface area contributed by atoms with Crippen molar-refractivity contribution < 1.29 is 8.42 Å². The van der Waals surface area contributed by atoms with Crippen molar-refractivity contribution in [2.45, 2.75) is 37.1 Å². The molecule has 1 aromatic carbocycles. The summed E-state index contributed by atoms with van der Waals surface area (Å²) in [5.41, 5.74) is 1.15. The highest BCUT2D eigenvalue weighted by molar-refractivity contribution is 7.89. The van der Waals surface area contributed by atoms with Crippen LogP contribution in [0.2, 0.25) is 0 Å². The highest BCUT2D eigenvalue weighted by Gasteiger charge is 2.21. The molecule has 4 nitrogen and oxygen atoms in total. The fourth-order valence-electron chi connectivity index (χ4n) is 2.14. The lowest BCUT2D eigenvalue weighted by molar-refractivity contribution is 0.428. The van der Waals surface area contributed by atoms with Crippen LogP contribution in [-0.2, 0) is 16.4 Å². The van der Waals surface area contributed by atoms with Crippen LogP contribution >= 0.6 is 0 Å². The molecular weight excluding hydrogens is 248 g/mol. The van der Waals surface area contributed by atoms with E-state index in [1.807, 2.05) is 12.1 Å². The Kier molecular flexibility index (Phi) is 4.37. The number of aryl methyl sites for hydroxylation is 1. The Morgan fingerprint density at radius 2 is 2.06 bits per heavy atom. The van der Waals surface area contributed by atoms with E-state index in [0.717, 1.165) is 31.4 Å². The molecule has 0 unspecified atom stereocenters. The van der Waals surface area contributed by atoms with Gasteiger partial charge in [-0.2, -0.15) is 0 Å². The number of hydrogen-bond donors (Lipinski definition) is 2. The maximum Gasteiger partial charge on any atom is 0.240 e. The van der Waals surface area contributed by atoms with Crippen molar-refractivity contribution in [1.82, 2.24) is 10.0 Å². The molecule has 0 amide bonds. The maximum absolute atomic E-state index is 12.2. The summed E-state index contributed by atoms with van der Waals surface area (Å²) in [5, 5.41) is 3.20. The van der Waals surface area contributed by atoms with Crippen LogP contribution in [0, 0.1) is 0 Å². The van der Waals surface area contributed by atoms with Crippen LogP contribution in [0.5, 0.6) is 0 Å². The molecule has 0 spiro atoms. The quantitative estimate of drug-likeness (QED) is 0.865. The second-order valence-electron chi connectivity index (χ2n) is 4.66. The topological polar surface area (TPSA) is 58.2 Å². The molecule has 1 saturated heterocycles. The minimum atomic E-state index is -3.37. The molecule has 5 heteroatoms. The fourth-order valence-corrected chi connectivity index (χ4v) is 3.41. The predicted octanol–water partition coefficient (Wildman–Crippen LogP) is 1.28. The Bertz CT molecular complexity index is 476. The van der Waals surface area contributed by atoms with Gasteiger partial charge >= 0.3 is 0 Å². The van der Waals surface area contributed by atoms with E-state index >= 15 is 0 Å². The first-order valence-corrected chi connectivity index (χ1v) is 7.92. The van der Waals surface area contributed by atoms with Gasteiger partial charge in [0.1, 0.15) is 0 Å². The summed E-state index contributed by atoms with van der Waals surface area (Å²) in [6.45, 7) is 3.74. The van der Waals surface area contributed by atoms with Crippen molar-refractivity contribution in [3.8, 4) is 0 Å². The van der Waals surface area contributed by atoms with Crippen LogP contribution in [0.25, 0.3) is 0 Å². The van der Waals surface area contributed by atoms with E-state index in [1.54, 1.807) is 12.1 Å². The first-order chi connectivity index (χ1) is 8.62. The summed E-state index contributed by atoms with van der Waals surface area (Å²) in [4.78, 5) is 0.352. The molecule has 1 atom stereocenters. The molecule has 0 aliphatic carbocycles. The third-order valence-corrected chi connectivity index (χ3v) is 4.80. The summed E-state index contributed by atoms with van der Waals surface area (Å²) in [6, 6.07) is 7.10. The molecule has 100 valence electrons. The van der Waals surface area contributed by atoms with Gasteiger partial charge in [-0.3, -0.25) is 0 Å². The third kappa shape index (κ3) is 3.31. The van der Waals surface area contributed by atoms with Gasteiger partial charge in [-0.05, 0) is 43.5 Å². The van der Waals surface area contributed by atoms with Crippen molar-refractivity contribution in [2.24, 2.45) is 0 Å². The highest BCUT2D eigenvalue weighted by atomic mass is 32.2. The van der Waals surface area contributed by atoms with Crippen LogP contribution in [0.15, 0.2) is 29.2 Å². The van der Waals surface area contributed by atoms with Gasteiger partial charge in [-0.25, -0.2) is 13.1 Å². The monoisotopic (exact) mass is 268 g/mol. The number of nitrogens with one attached hydrogen (secondary N) is 2. The standard InChI is InChI=1S/C13H20N2O2S/c1-2-11-5-7-13(8-6-11)18(16,17)15-12-4-3-9-14-10-12/h5-8,12,14-15H,2-4,9-10H2,1H3/t12-/m1/s1. The highest BCUT2D eigenvalue weighted by Crippen LogP contribution is 2.13. The van der Waals surface area contributed by atoms with Gasteiger partial charge in [0.25, 0.3) is 0 Å². The molecule has 0 saturated carbocycles. The van der Waals surface area contributed by atoms with Gasteiger partial charge in [0.15, 0.2) is 0 Å². The van der Waals surface area contributed by atoms with Gasteiger partial charge < -0.3 is 5.32 Å². The molecule has 0 aromatic heterocycles. The summed E-state index contributed by atoms with van der Waals surface area (Å²) >= 11 is 0. The molecule has 0 radical (unpaired) electrons. The van der Waals surface area contributed by atoms with Crippen molar-refractivity contribution in [1.29, 1.82) is 0 Å². The average Bonchev–Trinajstić information content (AvgIpc) is 2.39. The summed E-state index contributed by atoms with van der Waals surface area (Å²) < 4.78 is 27.1. The van der Waals surface area contributed by atoms with Gasteiger partial charge in [0.2, 0.25) is 10.0 Å². The minimum Gasteiger partial charge on any atom is -0.315 e. The van der Waals surface area contributed by atoms with E-state index in [1.165, 1.54) is 0 Å². The lowest BCUT2D eigenvalue weighted by Gasteiger charge is -2.23. The van der Waals surface area contributed by atoms with Crippen LogP contribution in [0.3, 0.4) is 0 Å². The average molecular weight is 268 g/mol. The first-order valence-electron chi connectivity index (χ1n) is 6.44. The molecule has 18 heavy (non-hydrogen) atoms. The van der Waals surface area contributed by atoms with Crippen LogP contribution < -0.4 is 10.0 Å². The predicted molar refractivity (Wildman–Crippen MR) is 72.0 cm³/mol. The molecule has 1 aromatic rings. The lowest BCUT2D eigenvalue weighted by atomic mass is 10.1. The van der Waals surface area contributed by atoms with Gasteiger partial charge in [0, 0.05) is 12.6 Å². The second-order valence-corrected chi connectivity index (χ2v) is 6.38. The number of sulfonamides is 1. The Hall–Kier alpha value is -0.910. The first kappa shape index (κ1) is 13.5. The van der Waals surface area contributed by atoms with E-state index in [-0.39, 0.29) is 6.04 Å². The van der Waals surface area contributed by atoms with Crippen molar-refractivity contribution in [3.63, 3.8) is 0 Å². The van der Waals surface area contributed by atoms with Crippen LogP contribution in [0.1, 0.15) is 25.3 Å². The zero-order valence-electron chi connectivity index (χ0n) is 10.6. The van der Waals surface area contributed by atoms with Crippen molar-refractivity contribution >= 4 is 10.0 Å². The Morgan fingerprint density at radius 3 is 2.61 bits per heavy atom. The molecule has 2 rings (SSSR count). The Morgan fingerprint density at radius 1 is 1.33 bits per heavy atom. The van der Waals surface area contributed by atoms with E-state index in [2.05, 4.69) is 17.0 Å². The molecule has 2 N–H and O–H groups in total. The van der Waals surface area contributed by atoms with Gasteiger partial charge in [-0.1, -0.05) is 19.1 Å². The molecule has 1 aliphatic rings. The van der Waals surface area contributed by atoms with Gasteiger partial charge in [0.05, 0.1) is 4.90 Å². The zero-order valence-corrected chi connectivity index (χ0v) is 11.5. The normalized spacial score (nSPS) is 20.8. The third-order valence-electron chi connectivity index (χ3n) is 3.26. The number of hydrogen-bond acceptors (Lipinski definition) is 3. The van der Waals surface area contributed by atoms with Crippen molar-refractivity contribution in [3.05, 3.63) is 29.8 Å².